The number of carbonyl (C=O) groups is 3. The molecule has 1 unspecified atom stereocenters. The Morgan fingerprint density at radius 2 is 1.12 bits per heavy atom. The first-order valence-corrected chi connectivity index (χ1v) is 10.4. The lowest BCUT2D eigenvalue weighted by Crippen LogP contribution is -2.61. The quantitative estimate of drug-likeness (QED) is 0.161. The number of alkyl halides is 6. The van der Waals surface area contributed by atoms with Gasteiger partial charge in [0.2, 0.25) is 0 Å². The number of ether oxygens (including phenoxy) is 3. The van der Waals surface area contributed by atoms with E-state index < -0.39 is 59.2 Å². The molecule has 0 amide bonds. The van der Waals surface area contributed by atoms with E-state index in [1.807, 2.05) is 27.7 Å². The molecule has 0 aromatic carbocycles. The standard InChI is InChI=1S/C21H32F6O6/c1-8-18(7,17(4,5)6)14(28)31-11-9-10-12-32-15(29)19(22,23)21(26,27)20(24,25)16(30)33-13(2)3/h13H,8-12H2,1-7H3. The minimum atomic E-state index is -6.39. The van der Waals surface area contributed by atoms with Gasteiger partial charge < -0.3 is 14.2 Å². The van der Waals surface area contributed by atoms with Crippen molar-refractivity contribution in [3.8, 4) is 0 Å². The fourth-order valence-corrected chi connectivity index (χ4v) is 2.51. The summed E-state index contributed by atoms with van der Waals surface area (Å²) < 4.78 is 95.3. The van der Waals surface area contributed by atoms with E-state index in [2.05, 4.69) is 9.47 Å². The van der Waals surface area contributed by atoms with Gasteiger partial charge in [-0.2, -0.15) is 26.3 Å². The molecule has 0 aromatic heterocycles. The molecule has 0 radical (unpaired) electrons. The van der Waals surface area contributed by atoms with Gasteiger partial charge in [0, 0.05) is 0 Å². The lowest BCUT2D eigenvalue weighted by molar-refractivity contribution is -0.302. The summed E-state index contributed by atoms with van der Waals surface area (Å²) in [4.78, 5) is 34.9. The first-order chi connectivity index (χ1) is 14.7. The predicted octanol–water partition coefficient (Wildman–Crippen LogP) is 5.17. The summed E-state index contributed by atoms with van der Waals surface area (Å²) in [7, 11) is 0. The van der Waals surface area contributed by atoms with Crippen molar-refractivity contribution >= 4 is 17.9 Å². The van der Waals surface area contributed by atoms with E-state index in [4.69, 9.17) is 4.74 Å². The number of unbranched alkanes of at least 4 members (excludes halogenated alkanes) is 1. The number of rotatable bonds is 12. The molecule has 0 aliphatic heterocycles. The summed E-state index contributed by atoms with van der Waals surface area (Å²) in [6.45, 7) is 10.2. The molecule has 1 atom stereocenters. The normalized spacial score (nSPS) is 15.1. The fraction of sp³-hybridized carbons (Fsp3) is 0.857. The van der Waals surface area contributed by atoms with E-state index in [-0.39, 0.29) is 19.4 Å². The highest BCUT2D eigenvalue weighted by molar-refractivity contribution is 5.84. The topological polar surface area (TPSA) is 78.9 Å². The fourth-order valence-electron chi connectivity index (χ4n) is 2.51. The SMILES string of the molecule is CCC(C)(C(=O)OCCCCOC(=O)C(F)(F)C(F)(F)C(F)(F)C(=O)OC(C)C)C(C)(C)C. The van der Waals surface area contributed by atoms with E-state index in [0.29, 0.717) is 6.42 Å². The van der Waals surface area contributed by atoms with E-state index >= 15 is 0 Å². The molecule has 0 heterocycles. The minimum Gasteiger partial charge on any atom is -0.465 e. The molecule has 0 bridgehead atoms. The summed E-state index contributed by atoms with van der Waals surface area (Å²) in [5.74, 6) is -24.7. The highest BCUT2D eigenvalue weighted by Gasteiger charge is 2.79. The van der Waals surface area contributed by atoms with Crippen LogP contribution in [0.2, 0.25) is 0 Å². The zero-order valence-corrected chi connectivity index (χ0v) is 19.8. The first kappa shape index (κ1) is 31.0. The molecule has 194 valence electrons. The van der Waals surface area contributed by atoms with Crippen LogP contribution in [-0.2, 0) is 28.6 Å². The Labute approximate surface area is 189 Å². The van der Waals surface area contributed by atoms with Crippen LogP contribution in [0.15, 0.2) is 0 Å². The number of halogens is 6. The van der Waals surface area contributed by atoms with Gasteiger partial charge >= 0.3 is 35.7 Å². The van der Waals surface area contributed by atoms with Crippen molar-refractivity contribution < 1.29 is 54.9 Å². The molecular formula is C21H32F6O6. The predicted molar refractivity (Wildman–Crippen MR) is 105 cm³/mol. The molecule has 0 spiro atoms. The van der Waals surface area contributed by atoms with Gasteiger partial charge in [0.25, 0.3) is 0 Å². The molecular weight excluding hydrogens is 462 g/mol. The highest BCUT2D eigenvalue weighted by atomic mass is 19.3. The third kappa shape index (κ3) is 6.75. The van der Waals surface area contributed by atoms with Gasteiger partial charge in [-0.25, -0.2) is 9.59 Å². The molecule has 0 aliphatic carbocycles. The maximum Gasteiger partial charge on any atom is 0.411 e. The van der Waals surface area contributed by atoms with E-state index in [0.717, 1.165) is 13.8 Å². The van der Waals surface area contributed by atoms with Crippen molar-refractivity contribution in [2.45, 2.75) is 91.6 Å². The summed E-state index contributed by atoms with van der Waals surface area (Å²) in [6, 6.07) is 0. The highest BCUT2D eigenvalue weighted by Crippen LogP contribution is 2.47. The second-order valence-corrected chi connectivity index (χ2v) is 9.09. The molecule has 0 aliphatic rings. The number of hydrogen-bond donors (Lipinski definition) is 0. The van der Waals surface area contributed by atoms with Crippen LogP contribution in [-0.4, -0.2) is 55.0 Å². The van der Waals surface area contributed by atoms with Crippen molar-refractivity contribution in [3.05, 3.63) is 0 Å². The Bertz CT molecular complexity index is 702. The van der Waals surface area contributed by atoms with Crippen molar-refractivity contribution in [1.82, 2.24) is 0 Å². The Hall–Kier alpha value is -2.01. The van der Waals surface area contributed by atoms with E-state index in [1.165, 1.54) is 0 Å². The number of carbonyl (C=O) groups excluding carboxylic acids is 3. The smallest absolute Gasteiger partial charge is 0.411 e. The monoisotopic (exact) mass is 494 g/mol. The maximum absolute atomic E-state index is 13.8. The largest absolute Gasteiger partial charge is 0.465 e. The Morgan fingerprint density at radius 3 is 1.48 bits per heavy atom. The third-order valence-corrected chi connectivity index (χ3v) is 5.46. The molecule has 33 heavy (non-hydrogen) atoms. The molecule has 0 saturated heterocycles. The van der Waals surface area contributed by atoms with Gasteiger partial charge in [0.1, 0.15) is 0 Å². The minimum absolute atomic E-state index is 0.0296. The third-order valence-electron chi connectivity index (χ3n) is 5.46. The van der Waals surface area contributed by atoms with Gasteiger partial charge in [-0.05, 0) is 45.4 Å². The summed E-state index contributed by atoms with van der Waals surface area (Å²) in [5.41, 5.74) is -1.20. The van der Waals surface area contributed by atoms with Gasteiger partial charge in [-0.1, -0.05) is 27.7 Å². The molecule has 0 rings (SSSR count). The Kier molecular flexibility index (Phi) is 10.3. The molecule has 12 heteroatoms. The van der Waals surface area contributed by atoms with Crippen molar-refractivity contribution in [1.29, 1.82) is 0 Å². The van der Waals surface area contributed by atoms with Crippen LogP contribution in [0.3, 0.4) is 0 Å². The molecule has 0 saturated carbocycles. The van der Waals surface area contributed by atoms with E-state index in [1.54, 1.807) is 6.92 Å². The molecule has 0 N–H and O–H groups in total. The number of esters is 3. The average molecular weight is 494 g/mol. The van der Waals surface area contributed by atoms with Crippen LogP contribution >= 0.6 is 0 Å². The maximum atomic E-state index is 13.8. The van der Waals surface area contributed by atoms with Gasteiger partial charge in [-0.15, -0.1) is 0 Å². The average Bonchev–Trinajstić information content (AvgIpc) is 2.67. The van der Waals surface area contributed by atoms with Crippen molar-refractivity contribution in [2.24, 2.45) is 10.8 Å². The van der Waals surface area contributed by atoms with E-state index in [9.17, 15) is 40.7 Å². The summed E-state index contributed by atoms with van der Waals surface area (Å²) >= 11 is 0. The van der Waals surface area contributed by atoms with Crippen molar-refractivity contribution in [3.63, 3.8) is 0 Å². The van der Waals surface area contributed by atoms with Gasteiger partial charge in [0.15, 0.2) is 0 Å². The first-order valence-electron chi connectivity index (χ1n) is 10.4. The molecule has 0 fully saturated rings. The van der Waals surface area contributed by atoms with Crippen LogP contribution in [0.25, 0.3) is 0 Å². The zero-order valence-electron chi connectivity index (χ0n) is 19.8. The Morgan fingerprint density at radius 1 is 0.727 bits per heavy atom. The van der Waals surface area contributed by atoms with Gasteiger partial charge in [-0.3, -0.25) is 4.79 Å². The molecule has 6 nitrogen and oxygen atoms in total. The lowest BCUT2D eigenvalue weighted by Gasteiger charge is -2.38. The van der Waals surface area contributed by atoms with Crippen LogP contribution in [0.1, 0.15) is 67.7 Å². The van der Waals surface area contributed by atoms with Gasteiger partial charge in [0.05, 0.1) is 24.7 Å². The molecule has 0 aromatic rings. The van der Waals surface area contributed by atoms with Crippen LogP contribution in [0.4, 0.5) is 26.3 Å². The van der Waals surface area contributed by atoms with Crippen LogP contribution in [0, 0.1) is 10.8 Å². The van der Waals surface area contributed by atoms with Crippen molar-refractivity contribution in [2.75, 3.05) is 13.2 Å². The second kappa shape index (κ2) is 10.9. The second-order valence-electron chi connectivity index (χ2n) is 9.09. The summed E-state index contributed by atoms with van der Waals surface area (Å²) in [5, 5.41) is 0. The van der Waals surface area contributed by atoms with Crippen LogP contribution in [0.5, 0.6) is 0 Å². The number of hydrogen-bond acceptors (Lipinski definition) is 6. The lowest BCUT2D eigenvalue weighted by atomic mass is 9.66. The van der Waals surface area contributed by atoms with Crippen LogP contribution < -0.4 is 0 Å². The summed E-state index contributed by atoms with van der Waals surface area (Å²) in [6.07, 6.45) is -0.939. The Balaban J connectivity index is 4.84. The zero-order chi connectivity index (χ0) is 26.5.